The van der Waals surface area contributed by atoms with E-state index < -0.39 is 0 Å². The Labute approximate surface area is 117 Å². The Kier molecular flexibility index (Phi) is 4.08. The van der Waals surface area contributed by atoms with Crippen molar-refractivity contribution in [2.75, 3.05) is 0 Å². The summed E-state index contributed by atoms with van der Waals surface area (Å²) in [6.45, 7) is 4.48. The lowest BCUT2D eigenvalue weighted by molar-refractivity contribution is 0.299. The summed E-state index contributed by atoms with van der Waals surface area (Å²) in [6.07, 6.45) is 1.92. The molecule has 0 aliphatic rings. The molecule has 0 fully saturated rings. The summed E-state index contributed by atoms with van der Waals surface area (Å²) >= 11 is 6.03. The normalized spacial score (nSPS) is 10.5. The van der Waals surface area contributed by atoms with Crippen molar-refractivity contribution >= 4 is 11.6 Å². The van der Waals surface area contributed by atoms with Crippen LogP contribution in [-0.2, 0) is 6.61 Å². The molecule has 0 radical (unpaired) electrons. The maximum atomic E-state index is 8.75. The summed E-state index contributed by atoms with van der Waals surface area (Å²) in [6, 6.07) is 9.23. The molecule has 0 saturated heterocycles. The summed E-state index contributed by atoms with van der Waals surface area (Å²) in [5.74, 6) is 0.555. The Hall–Kier alpha value is -1.99. The van der Waals surface area contributed by atoms with Crippen LogP contribution in [0, 0.1) is 11.3 Å². The van der Waals surface area contributed by atoms with E-state index in [0.717, 1.165) is 5.69 Å². The topological polar surface area (TPSA) is 50.8 Å². The van der Waals surface area contributed by atoms with Gasteiger partial charge in [0.05, 0.1) is 22.3 Å². The zero-order chi connectivity index (χ0) is 13.8. The third-order valence-corrected chi connectivity index (χ3v) is 2.92. The van der Waals surface area contributed by atoms with Crippen LogP contribution in [-0.4, -0.2) is 9.78 Å². The minimum absolute atomic E-state index is 0.326. The van der Waals surface area contributed by atoms with E-state index in [0.29, 0.717) is 29.0 Å². The van der Waals surface area contributed by atoms with Crippen molar-refractivity contribution in [1.29, 1.82) is 5.26 Å². The lowest BCUT2D eigenvalue weighted by Crippen LogP contribution is -2.03. The highest BCUT2D eigenvalue weighted by molar-refractivity contribution is 6.32. The van der Waals surface area contributed by atoms with Crippen molar-refractivity contribution in [1.82, 2.24) is 9.78 Å². The maximum absolute atomic E-state index is 8.75. The van der Waals surface area contributed by atoms with Crippen LogP contribution in [0.4, 0.5) is 0 Å². The lowest BCUT2D eigenvalue weighted by Gasteiger charge is -2.07. The third-order valence-electron chi connectivity index (χ3n) is 2.63. The summed E-state index contributed by atoms with van der Waals surface area (Å²) < 4.78 is 7.47. The highest BCUT2D eigenvalue weighted by atomic mass is 35.5. The van der Waals surface area contributed by atoms with Gasteiger partial charge in [-0.2, -0.15) is 10.4 Å². The molecule has 0 unspecified atom stereocenters. The van der Waals surface area contributed by atoms with Gasteiger partial charge in [0.2, 0.25) is 0 Å². The molecule has 2 aromatic rings. The van der Waals surface area contributed by atoms with Gasteiger partial charge in [0.15, 0.2) is 0 Å². The monoisotopic (exact) mass is 275 g/mol. The van der Waals surface area contributed by atoms with Crippen LogP contribution >= 0.6 is 11.6 Å². The predicted octanol–water partition coefficient (Wildman–Crippen LogP) is 3.57. The molecule has 5 heteroatoms. The van der Waals surface area contributed by atoms with Crippen LogP contribution in [0.15, 0.2) is 30.5 Å². The predicted molar refractivity (Wildman–Crippen MR) is 73.1 cm³/mol. The van der Waals surface area contributed by atoms with Gasteiger partial charge in [-0.1, -0.05) is 11.6 Å². The largest absolute Gasteiger partial charge is 0.486 e. The zero-order valence-corrected chi connectivity index (χ0v) is 11.6. The van der Waals surface area contributed by atoms with E-state index >= 15 is 0 Å². The standard InChI is InChI=1S/C14H14ClN3O/c1-10(2)18-6-5-12(17-18)9-19-14-4-3-11(8-16)7-13(14)15/h3-7,10H,9H2,1-2H3. The average molecular weight is 276 g/mol. The van der Waals surface area contributed by atoms with E-state index in [4.69, 9.17) is 21.6 Å². The molecule has 0 amide bonds. The van der Waals surface area contributed by atoms with Crippen LogP contribution < -0.4 is 4.74 Å². The molecule has 0 atom stereocenters. The van der Waals surface area contributed by atoms with Gasteiger partial charge in [-0.25, -0.2) is 0 Å². The molecule has 1 heterocycles. The van der Waals surface area contributed by atoms with E-state index in [2.05, 4.69) is 18.9 Å². The van der Waals surface area contributed by atoms with Crippen molar-refractivity contribution in [2.24, 2.45) is 0 Å². The molecule has 0 aliphatic heterocycles. The number of aromatic nitrogens is 2. The molecule has 0 bridgehead atoms. The molecule has 4 nitrogen and oxygen atoms in total. The van der Waals surface area contributed by atoms with Gasteiger partial charge >= 0.3 is 0 Å². The Morgan fingerprint density at radius 3 is 2.79 bits per heavy atom. The second-order valence-corrected chi connectivity index (χ2v) is 4.83. The average Bonchev–Trinajstić information content (AvgIpc) is 2.86. The number of ether oxygens (including phenoxy) is 1. The van der Waals surface area contributed by atoms with E-state index in [1.807, 2.05) is 23.0 Å². The van der Waals surface area contributed by atoms with Crippen LogP contribution in [0.1, 0.15) is 31.1 Å². The Balaban J connectivity index is 2.04. The van der Waals surface area contributed by atoms with Crippen molar-refractivity contribution in [2.45, 2.75) is 26.5 Å². The first-order valence-electron chi connectivity index (χ1n) is 5.96. The molecule has 19 heavy (non-hydrogen) atoms. The Morgan fingerprint density at radius 1 is 1.42 bits per heavy atom. The first-order valence-corrected chi connectivity index (χ1v) is 6.34. The summed E-state index contributed by atoms with van der Waals surface area (Å²) in [5.41, 5.74) is 1.36. The molecule has 2 rings (SSSR count). The number of hydrogen-bond donors (Lipinski definition) is 0. The van der Waals surface area contributed by atoms with Gasteiger partial charge in [0.25, 0.3) is 0 Å². The molecule has 98 valence electrons. The minimum atomic E-state index is 0.326. The smallest absolute Gasteiger partial charge is 0.138 e. The molecule has 0 saturated carbocycles. The molecular formula is C14H14ClN3O. The highest BCUT2D eigenvalue weighted by Gasteiger charge is 2.06. The van der Waals surface area contributed by atoms with Crippen molar-refractivity contribution in [3.8, 4) is 11.8 Å². The van der Waals surface area contributed by atoms with Crippen LogP contribution in [0.3, 0.4) is 0 Å². The van der Waals surface area contributed by atoms with Crippen molar-refractivity contribution < 1.29 is 4.74 Å². The quantitative estimate of drug-likeness (QED) is 0.857. The number of halogens is 1. The van der Waals surface area contributed by atoms with Crippen LogP contribution in [0.5, 0.6) is 5.75 Å². The fraction of sp³-hybridized carbons (Fsp3) is 0.286. The van der Waals surface area contributed by atoms with Crippen molar-refractivity contribution in [3.63, 3.8) is 0 Å². The van der Waals surface area contributed by atoms with E-state index in [1.54, 1.807) is 18.2 Å². The number of rotatable bonds is 4. The fourth-order valence-electron chi connectivity index (χ4n) is 1.58. The Bertz CT molecular complexity index is 613. The van der Waals surface area contributed by atoms with Gasteiger partial charge in [0.1, 0.15) is 12.4 Å². The molecule has 0 N–H and O–H groups in total. The van der Waals surface area contributed by atoms with E-state index in [-0.39, 0.29) is 0 Å². The van der Waals surface area contributed by atoms with E-state index in [9.17, 15) is 0 Å². The molecule has 1 aromatic heterocycles. The first-order chi connectivity index (χ1) is 9.10. The van der Waals surface area contributed by atoms with Gasteiger partial charge in [-0.05, 0) is 38.1 Å². The second kappa shape index (κ2) is 5.77. The number of nitrogens with zero attached hydrogens (tertiary/aromatic N) is 3. The second-order valence-electron chi connectivity index (χ2n) is 4.43. The SMILES string of the molecule is CC(C)n1ccc(COc2ccc(C#N)cc2Cl)n1. The van der Waals surface area contributed by atoms with Gasteiger partial charge < -0.3 is 4.74 Å². The Morgan fingerprint density at radius 2 is 2.21 bits per heavy atom. The summed E-state index contributed by atoms with van der Waals surface area (Å²) in [7, 11) is 0. The number of nitriles is 1. The summed E-state index contributed by atoms with van der Waals surface area (Å²) in [5, 5.41) is 13.6. The third kappa shape index (κ3) is 3.27. The summed E-state index contributed by atoms with van der Waals surface area (Å²) in [4.78, 5) is 0. The van der Waals surface area contributed by atoms with Gasteiger partial charge in [0, 0.05) is 12.2 Å². The van der Waals surface area contributed by atoms with Crippen molar-refractivity contribution in [3.05, 3.63) is 46.7 Å². The number of hydrogen-bond acceptors (Lipinski definition) is 3. The fourth-order valence-corrected chi connectivity index (χ4v) is 1.82. The molecule has 0 aliphatic carbocycles. The lowest BCUT2D eigenvalue weighted by atomic mass is 10.2. The molecular weight excluding hydrogens is 262 g/mol. The minimum Gasteiger partial charge on any atom is -0.486 e. The highest BCUT2D eigenvalue weighted by Crippen LogP contribution is 2.25. The molecule has 0 spiro atoms. The molecule has 1 aromatic carbocycles. The van der Waals surface area contributed by atoms with Gasteiger partial charge in [-0.3, -0.25) is 4.68 Å². The van der Waals surface area contributed by atoms with Gasteiger partial charge in [-0.15, -0.1) is 0 Å². The maximum Gasteiger partial charge on any atom is 0.138 e. The zero-order valence-electron chi connectivity index (χ0n) is 10.8. The number of benzene rings is 1. The first kappa shape index (κ1) is 13.4. The van der Waals surface area contributed by atoms with Crippen LogP contribution in [0.2, 0.25) is 5.02 Å². The van der Waals surface area contributed by atoms with E-state index in [1.165, 1.54) is 0 Å². The van der Waals surface area contributed by atoms with Crippen LogP contribution in [0.25, 0.3) is 0 Å².